The van der Waals surface area contributed by atoms with Crippen LogP contribution in [-0.4, -0.2) is 0 Å². The van der Waals surface area contributed by atoms with Gasteiger partial charge < -0.3 is 0 Å². The summed E-state index contributed by atoms with van der Waals surface area (Å²) in [4.78, 5) is 2.90. The highest BCUT2D eigenvalue weighted by Crippen LogP contribution is 2.55. The van der Waals surface area contributed by atoms with Gasteiger partial charge in [0, 0.05) is 16.7 Å². The fraction of sp³-hybridized carbons (Fsp3) is 0.111. The van der Waals surface area contributed by atoms with Crippen LogP contribution in [0.2, 0.25) is 0 Å². The van der Waals surface area contributed by atoms with E-state index in [0.29, 0.717) is 11.8 Å². The highest BCUT2D eigenvalue weighted by atomic mass is 32.2. The van der Waals surface area contributed by atoms with Gasteiger partial charge in [0.15, 0.2) is 0 Å². The first kappa shape index (κ1) is 11.1. The Morgan fingerprint density at radius 2 is 1.63 bits per heavy atom. The van der Waals surface area contributed by atoms with E-state index in [4.69, 9.17) is 0 Å². The van der Waals surface area contributed by atoms with Crippen molar-refractivity contribution in [3.63, 3.8) is 0 Å². The summed E-state index contributed by atoms with van der Waals surface area (Å²) in [7, 11) is 0. The van der Waals surface area contributed by atoms with Gasteiger partial charge in [0.25, 0.3) is 0 Å². The number of fused-ring (bicyclic) bond motifs is 3. The minimum Gasteiger partial charge on any atom is -0.0936 e. The molecule has 1 aliphatic heterocycles. The van der Waals surface area contributed by atoms with Crippen LogP contribution >= 0.6 is 11.8 Å². The molecular weight excluding hydrogens is 248 g/mol. The fourth-order valence-corrected chi connectivity index (χ4v) is 4.30. The third-order valence-electron chi connectivity index (χ3n) is 3.91. The number of hydrogen-bond donors (Lipinski definition) is 0. The van der Waals surface area contributed by atoms with Gasteiger partial charge in [-0.15, -0.1) is 0 Å². The summed E-state index contributed by atoms with van der Waals surface area (Å²) >= 11 is 1.93. The van der Waals surface area contributed by atoms with Crippen LogP contribution in [0.15, 0.2) is 82.6 Å². The van der Waals surface area contributed by atoms with Crippen LogP contribution in [-0.2, 0) is 0 Å². The number of hydrogen-bond acceptors (Lipinski definition) is 1. The molecule has 2 aliphatic rings. The second-order valence-electron chi connectivity index (χ2n) is 5.01. The van der Waals surface area contributed by atoms with E-state index in [1.807, 2.05) is 11.8 Å². The van der Waals surface area contributed by atoms with Crippen molar-refractivity contribution in [2.24, 2.45) is 0 Å². The lowest BCUT2D eigenvalue weighted by Gasteiger charge is -2.25. The third-order valence-corrected chi connectivity index (χ3v) is 5.13. The van der Waals surface area contributed by atoms with E-state index >= 15 is 0 Å². The van der Waals surface area contributed by atoms with Gasteiger partial charge in [-0.2, -0.15) is 0 Å². The van der Waals surface area contributed by atoms with Crippen LogP contribution in [0.3, 0.4) is 0 Å². The van der Waals surface area contributed by atoms with Crippen LogP contribution in [0, 0.1) is 0 Å². The second-order valence-corrected chi connectivity index (χ2v) is 6.12. The zero-order valence-corrected chi connectivity index (χ0v) is 11.3. The molecule has 0 amide bonds. The molecule has 0 spiro atoms. The molecule has 2 unspecified atom stereocenters. The summed E-state index contributed by atoms with van der Waals surface area (Å²) < 4.78 is 0. The van der Waals surface area contributed by atoms with Gasteiger partial charge in [-0.25, -0.2) is 0 Å². The molecule has 0 nitrogen and oxygen atoms in total. The van der Waals surface area contributed by atoms with E-state index in [1.54, 1.807) is 0 Å². The van der Waals surface area contributed by atoms with Gasteiger partial charge >= 0.3 is 0 Å². The van der Waals surface area contributed by atoms with E-state index in [9.17, 15) is 0 Å². The number of thioether (sulfide) groups is 1. The first-order chi connectivity index (χ1) is 9.43. The van der Waals surface area contributed by atoms with Gasteiger partial charge in [-0.05, 0) is 22.1 Å². The lowest BCUT2D eigenvalue weighted by atomic mass is 9.79. The van der Waals surface area contributed by atoms with Crippen LogP contribution in [0.4, 0.5) is 0 Å². The average molecular weight is 262 g/mol. The Labute approximate surface area is 117 Å². The largest absolute Gasteiger partial charge is 0.0936 e. The van der Waals surface area contributed by atoms with Crippen molar-refractivity contribution in [1.29, 1.82) is 0 Å². The smallest absolute Gasteiger partial charge is 0.0267 e. The van der Waals surface area contributed by atoms with Gasteiger partial charge in [-0.3, -0.25) is 0 Å². The summed E-state index contributed by atoms with van der Waals surface area (Å²) in [6, 6.07) is 19.6. The lowest BCUT2D eigenvalue weighted by Crippen LogP contribution is -2.10. The molecule has 1 heteroatoms. The van der Waals surface area contributed by atoms with E-state index in [-0.39, 0.29) is 0 Å². The number of benzene rings is 2. The maximum absolute atomic E-state index is 2.34. The number of allylic oxidation sites excluding steroid dienone is 4. The highest BCUT2D eigenvalue weighted by molar-refractivity contribution is 8.03. The Morgan fingerprint density at radius 3 is 2.53 bits per heavy atom. The summed E-state index contributed by atoms with van der Waals surface area (Å²) in [5.74, 6) is 0.978. The van der Waals surface area contributed by atoms with E-state index in [0.717, 1.165) is 0 Å². The molecule has 19 heavy (non-hydrogen) atoms. The van der Waals surface area contributed by atoms with E-state index in [1.165, 1.54) is 20.9 Å². The van der Waals surface area contributed by atoms with Crippen LogP contribution in [0.1, 0.15) is 23.0 Å². The van der Waals surface area contributed by atoms with Crippen molar-refractivity contribution in [3.8, 4) is 0 Å². The molecule has 0 saturated heterocycles. The van der Waals surface area contributed by atoms with E-state index in [2.05, 4.69) is 72.8 Å². The lowest BCUT2D eigenvalue weighted by molar-refractivity contribution is 0.719. The zero-order chi connectivity index (χ0) is 12.7. The third kappa shape index (κ3) is 1.77. The predicted octanol–water partition coefficient (Wildman–Crippen LogP) is 5.11. The maximum atomic E-state index is 2.34. The van der Waals surface area contributed by atoms with Crippen molar-refractivity contribution < 1.29 is 0 Å². The first-order valence-electron chi connectivity index (χ1n) is 6.63. The zero-order valence-electron chi connectivity index (χ0n) is 10.5. The predicted molar refractivity (Wildman–Crippen MR) is 81.4 cm³/mol. The van der Waals surface area contributed by atoms with Gasteiger partial charge in [0.2, 0.25) is 0 Å². The first-order valence-corrected chi connectivity index (χ1v) is 7.45. The van der Waals surface area contributed by atoms with E-state index < -0.39 is 0 Å². The molecule has 1 aliphatic carbocycles. The molecular formula is C18H14S. The molecule has 0 aromatic heterocycles. The van der Waals surface area contributed by atoms with Crippen LogP contribution < -0.4 is 0 Å². The second kappa shape index (κ2) is 4.43. The Kier molecular flexibility index (Phi) is 2.59. The highest BCUT2D eigenvalue weighted by Gasteiger charge is 2.34. The molecule has 2 aromatic carbocycles. The van der Waals surface area contributed by atoms with Crippen molar-refractivity contribution in [2.45, 2.75) is 16.7 Å². The normalized spacial score (nSPS) is 23.7. The standard InChI is InChI=1S/C18H14S/c1-2-7-13(8-3-1)14-10-6-12-17-18(14)15-9-4-5-11-16(15)19-17/h1-12,14,18H. The number of rotatable bonds is 1. The van der Waals surface area contributed by atoms with Crippen molar-refractivity contribution in [1.82, 2.24) is 0 Å². The maximum Gasteiger partial charge on any atom is 0.0267 e. The molecule has 0 radical (unpaired) electrons. The molecule has 92 valence electrons. The molecule has 1 heterocycles. The van der Waals surface area contributed by atoms with Crippen molar-refractivity contribution in [3.05, 3.63) is 88.9 Å². The van der Waals surface area contributed by atoms with Crippen LogP contribution in [0.5, 0.6) is 0 Å². The molecule has 4 rings (SSSR count). The molecule has 2 aromatic rings. The Morgan fingerprint density at radius 1 is 0.842 bits per heavy atom. The topological polar surface area (TPSA) is 0 Å². The van der Waals surface area contributed by atoms with Crippen molar-refractivity contribution in [2.75, 3.05) is 0 Å². The monoisotopic (exact) mass is 262 g/mol. The van der Waals surface area contributed by atoms with Gasteiger partial charge in [0.05, 0.1) is 0 Å². The fourth-order valence-electron chi connectivity index (χ4n) is 3.04. The van der Waals surface area contributed by atoms with Gasteiger partial charge in [0.1, 0.15) is 0 Å². The summed E-state index contributed by atoms with van der Waals surface area (Å²) in [6.45, 7) is 0. The summed E-state index contributed by atoms with van der Waals surface area (Å²) in [5, 5.41) is 0. The van der Waals surface area contributed by atoms with Gasteiger partial charge in [-0.1, -0.05) is 78.5 Å². The minimum atomic E-state index is 0.470. The Hall–Kier alpha value is -1.73. The molecule has 0 fully saturated rings. The molecule has 0 saturated carbocycles. The Bertz CT molecular complexity index is 667. The molecule has 0 N–H and O–H groups in total. The summed E-state index contributed by atoms with van der Waals surface area (Å²) in [5.41, 5.74) is 2.89. The molecule has 2 atom stereocenters. The quantitative estimate of drug-likeness (QED) is 0.688. The van der Waals surface area contributed by atoms with Crippen molar-refractivity contribution >= 4 is 11.8 Å². The minimum absolute atomic E-state index is 0.470. The Balaban J connectivity index is 1.83. The SMILES string of the molecule is C1=CC(c2ccccc2)C2C(=C1)Sc1ccccc12. The molecule has 0 bridgehead atoms. The van der Waals surface area contributed by atoms with Crippen LogP contribution in [0.25, 0.3) is 0 Å². The average Bonchev–Trinajstić information content (AvgIpc) is 2.86. The summed E-state index contributed by atoms with van der Waals surface area (Å²) in [6.07, 6.45) is 6.82.